The van der Waals surface area contributed by atoms with Gasteiger partial charge in [0.1, 0.15) is 29.4 Å². The minimum atomic E-state index is 0.0850. The van der Waals surface area contributed by atoms with E-state index in [1.54, 1.807) is 6.20 Å². The highest BCUT2D eigenvalue weighted by atomic mass is 16.5. The second kappa shape index (κ2) is 8.09. The van der Waals surface area contributed by atoms with E-state index >= 15 is 0 Å². The first kappa shape index (κ1) is 19.1. The molecule has 2 aromatic carbocycles. The highest BCUT2D eigenvalue weighted by Crippen LogP contribution is 2.34. The van der Waals surface area contributed by atoms with Gasteiger partial charge in [-0.05, 0) is 35.4 Å². The summed E-state index contributed by atoms with van der Waals surface area (Å²) in [4.78, 5) is 11.9. The summed E-state index contributed by atoms with van der Waals surface area (Å²) in [7, 11) is 0. The lowest BCUT2D eigenvalue weighted by Crippen LogP contribution is -2.26. The first-order valence-corrected chi connectivity index (χ1v) is 10.2. The molecule has 0 atom stereocenters. The summed E-state index contributed by atoms with van der Waals surface area (Å²) >= 11 is 0. The second-order valence-electron chi connectivity index (χ2n) is 7.53. The van der Waals surface area contributed by atoms with Gasteiger partial charge in [0.05, 0.1) is 36.9 Å². The molecule has 0 saturated carbocycles. The van der Waals surface area contributed by atoms with Crippen LogP contribution in [0.4, 0.5) is 5.82 Å². The van der Waals surface area contributed by atoms with Crippen LogP contribution in [0.2, 0.25) is 0 Å². The Hall–Kier alpha value is -3.89. The van der Waals surface area contributed by atoms with E-state index < -0.39 is 0 Å². The molecule has 3 N–H and O–H groups in total. The predicted octanol–water partition coefficient (Wildman–Crippen LogP) is 4.30. The Morgan fingerprint density at radius 3 is 2.81 bits per heavy atom. The number of hydrogen-bond donors (Lipinski definition) is 2. The molecule has 0 unspecified atom stereocenters. The van der Waals surface area contributed by atoms with E-state index in [4.69, 9.17) is 15.2 Å². The zero-order valence-corrected chi connectivity index (χ0v) is 16.8. The molecule has 1 fully saturated rings. The van der Waals surface area contributed by atoms with Gasteiger partial charge in [-0.1, -0.05) is 18.2 Å². The van der Waals surface area contributed by atoms with Crippen LogP contribution >= 0.6 is 0 Å². The highest BCUT2D eigenvalue weighted by Gasteiger charge is 2.18. The summed E-state index contributed by atoms with van der Waals surface area (Å²) in [5.74, 6) is 0.991. The Labute approximate surface area is 179 Å². The highest BCUT2D eigenvalue weighted by molar-refractivity contribution is 5.98. The number of hydrogen-bond acceptors (Lipinski definition) is 6. The van der Waals surface area contributed by atoms with Crippen LogP contribution in [-0.2, 0) is 4.74 Å². The number of nitrogens with zero attached hydrogens (tertiary/aromatic N) is 3. The molecule has 0 spiro atoms. The molecular weight excluding hydrogens is 390 g/mol. The van der Waals surface area contributed by atoms with Gasteiger partial charge >= 0.3 is 0 Å². The lowest BCUT2D eigenvalue weighted by molar-refractivity contribution is 0.0254. The molecule has 1 aliphatic rings. The van der Waals surface area contributed by atoms with Crippen LogP contribution in [0.3, 0.4) is 0 Å². The summed E-state index contributed by atoms with van der Waals surface area (Å²) in [5.41, 5.74) is 10.8. The SMILES string of the molecule is N#Cc1cc(-c2cccc3[nH]c(-c4cncc(N)n4)cc23)ccc1OC1CCOCC1. The van der Waals surface area contributed by atoms with Gasteiger partial charge in [0.25, 0.3) is 0 Å². The van der Waals surface area contributed by atoms with Gasteiger partial charge in [0.2, 0.25) is 0 Å². The summed E-state index contributed by atoms with van der Waals surface area (Å²) in [6.45, 7) is 1.39. The summed E-state index contributed by atoms with van der Waals surface area (Å²) < 4.78 is 11.5. The number of ether oxygens (including phenoxy) is 2. The van der Waals surface area contributed by atoms with Crippen molar-refractivity contribution in [1.29, 1.82) is 5.26 Å². The standard InChI is InChI=1S/C24H21N5O2/c25-12-16-10-15(4-5-23(16)31-17-6-8-30-9-7-17)18-2-1-3-20-19(18)11-21(28-20)22-13-27-14-24(26)29-22/h1-5,10-11,13-14,17,28H,6-9H2,(H2,26,29). The lowest BCUT2D eigenvalue weighted by Gasteiger charge is -2.24. The van der Waals surface area contributed by atoms with Gasteiger partial charge in [-0.15, -0.1) is 0 Å². The van der Waals surface area contributed by atoms with Crippen molar-refractivity contribution in [2.24, 2.45) is 0 Å². The number of aromatic amines is 1. The summed E-state index contributed by atoms with van der Waals surface area (Å²) in [6.07, 6.45) is 4.96. The maximum Gasteiger partial charge on any atom is 0.142 e. The van der Waals surface area contributed by atoms with Crippen LogP contribution in [0.15, 0.2) is 54.9 Å². The van der Waals surface area contributed by atoms with Gasteiger partial charge in [-0.3, -0.25) is 4.98 Å². The Balaban J connectivity index is 1.52. The number of nitrogen functional groups attached to an aromatic ring is 1. The number of nitrogens with two attached hydrogens (primary N) is 1. The van der Waals surface area contributed by atoms with Gasteiger partial charge in [0, 0.05) is 23.7 Å². The third-order valence-electron chi connectivity index (χ3n) is 5.47. The van der Waals surface area contributed by atoms with Crippen molar-refractivity contribution < 1.29 is 9.47 Å². The largest absolute Gasteiger partial charge is 0.489 e. The minimum absolute atomic E-state index is 0.0850. The van der Waals surface area contributed by atoms with E-state index in [2.05, 4.69) is 21.0 Å². The Morgan fingerprint density at radius 1 is 1.13 bits per heavy atom. The molecule has 5 rings (SSSR count). The van der Waals surface area contributed by atoms with Crippen LogP contribution in [0.1, 0.15) is 18.4 Å². The van der Waals surface area contributed by atoms with E-state index in [9.17, 15) is 5.26 Å². The Kier molecular flexibility index (Phi) is 4.98. The van der Waals surface area contributed by atoms with E-state index in [-0.39, 0.29) is 6.10 Å². The molecule has 1 saturated heterocycles. The van der Waals surface area contributed by atoms with Gasteiger partial charge in [-0.2, -0.15) is 5.26 Å². The second-order valence-corrected chi connectivity index (χ2v) is 7.53. The zero-order chi connectivity index (χ0) is 21.2. The molecule has 0 aliphatic carbocycles. The van der Waals surface area contributed by atoms with Crippen molar-refractivity contribution in [3.05, 3.63) is 60.4 Å². The maximum absolute atomic E-state index is 9.72. The number of aromatic nitrogens is 3. The average molecular weight is 411 g/mol. The summed E-state index contributed by atoms with van der Waals surface area (Å²) in [6, 6.07) is 16.1. The first-order valence-electron chi connectivity index (χ1n) is 10.2. The van der Waals surface area contributed by atoms with Crippen LogP contribution < -0.4 is 10.5 Å². The first-order chi connectivity index (χ1) is 15.2. The maximum atomic E-state index is 9.72. The van der Waals surface area contributed by atoms with Gasteiger partial charge in [0.15, 0.2) is 0 Å². The quantitative estimate of drug-likeness (QED) is 0.518. The third-order valence-corrected chi connectivity index (χ3v) is 5.47. The number of anilines is 1. The molecule has 7 nitrogen and oxygen atoms in total. The van der Waals surface area contributed by atoms with E-state index in [0.29, 0.717) is 36.0 Å². The molecule has 7 heteroatoms. The number of rotatable bonds is 4. The lowest BCUT2D eigenvalue weighted by atomic mass is 9.99. The predicted molar refractivity (Wildman–Crippen MR) is 118 cm³/mol. The number of benzene rings is 2. The van der Waals surface area contributed by atoms with Gasteiger partial charge < -0.3 is 20.2 Å². The molecular formula is C24H21N5O2. The molecule has 154 valence electrons. The number of fused-ring (bicyclic) bond motifs is 1. The normalized spacial score (nSPS) is 14.4. The molecule has 0 radical (unpaired) electrons. The van der Waals surface area contributed by atoms with Crippen molar-refractivity contribution in [2.75, 3.05) is 18.9 Å². The number of H-pyrrole nitrogens is 1. The number of nitriles is 1. The van der Waals surface area contributed by atoms with Crippen LogP contribution in [0.25, 0.3) is 33.4 Å². The topological polar surface area (TPSA) is 110 Å². The summed E-state index contributed by atoms with van der Waals surface area (Å²) in [5, 5.41) is 10.8. The molecule has 4 aromatic rings. The van der Waals surface area contributed by atoms with Crippen LogP contribution in [-0.4, -0.2) is 34.3 Å². The Bertz CT molecular complexity index is 1280. The molecule has 2 aromatic heterocycles. The fourth-order valence-electron chi connectivity index (χ4n) is 3.92. The van der Waals surface area contributed by atoms with Crippen LogP contribution in [0, 0.1) is 11.3 Å². The number of nitrogens with one attached hydrogen (secondary N) is 1. The monoisotopic (exact) mass is 411 g/mol. The van der Waals surface area contributed by atoms with Crippen molar-refractivity contribution in [1.82, 2.24) is 15.0 Å². The smallest absolute Gasteiger partial charge is 0.142 e. The molecule has 3 heterocycles. The minimum Gasteiger partial charge on any atom is -0.489 e. The van der Waals surface area contributed by atoms with Crippen molar-refractivity contribution >= 4 is 16.7 Å². The van der Waals surface area contributed by atoms with Crippen molar-refractivity contribution in [3.8, 4) is 34.3 Å². The fraction of sp³-hybridized carbons (Fsp3) is 0.208. The van der Waals surface area contributed by atoms with E-state index in [1.165, 1.54) is 6.20 Å². The molecule has 31 heavy (non-hydrogen) atoms. The van der Waals surface area contributed by atoms with Crippen molar-refractivity contribution in [2.45, 2.75) is 18.9 Å². The fourth-order valence-corrected chi connectivity index (χ4v) is 3.92. The van der Waals surface area contributed by atoms with E-state index in [1.807, 2.05) is 42.5 Å². The van der Waals surface area contributed by atoms with Crippen LogP contribution in [0.5, 0.6) is 5.75 Å². The third kappa shape index (κ3) is 3.81. The molecule has 1 aliphatic heterocycles. The Morgan fingerprint density at radius 2 is 2.00 bits per heavy atom. The molecule has 0 amide bonds. The van der Waals surface area contributed by atoms with Crippen molar-refractivity contribution in [3.63, 3.8) is 0 Å². The zero-order valence-electron chi connectivity index (χ0n) is 16.8. The van der Waals surface area contributed by atoms with E-state index in [0.717, 1.165) is 40.6 Å². The van der Waals surface area contributed by atoms with Gasteiger partial charge in [-0.25, -0.2) is 4.98 Å². The average Bonchev–Trinajstić information content (AvgIpc) is 3.25. The molecule has 0 bridgehead atoms.